The molecule has 1 unspecified atom stereocenters. The number of rotatable bonds is 7. The summed E-state index contributed by atoms with van der Waals surface area (Å²) in [6.45, 7) is 2.63. The van der Waals surface area contributed by atoms with E-state index in [0.29, 0.717) is 30.3 Å². The van der Waals surface area contributed by atoms with Gasteiger partial charge in [0.1, 0.15) is 5.82 Å². The Labute approximate surface area is 115 Å². The second kappa shape index (κ2) is 7.73. The number of nitrogens with two attached hydrogens (primary N) is 1. The summed E-state index contributed by atoms with van der Waals surface area (Å²) in [6.07, 6.45) is 3.91. The highest BCUT2D eigenvalue weighted by atomic mass is 32.2. The van der Waals surface area contributed by atoms with Crippen molar-refractivity contribution in [2.45, 2.75) is 13.3 Å². The standard InChI is InChI=1S/C12H19N3O3S/c1-3-18-12(16)9-5-7-15-11(10(9)13)14-6-4-8-19(2)17/h5,7H,3-4,6,8,13H2,1-2H3,(H,14,15). The molecule has 0 saturated heterocycles. The number of hydrogen-bond donors (Lipinski definition) is 2. The first-order chi connectivity index (χ1) is 9.06. The van der Waals surface area contributed by atoms with Crippen molar-refractivity contribution in [3.05, 3.63) is 17.8 Å². The first kappa shape index (κ1) is 15.4. The molecule has 1 atom stereocenters. The quantitative estimate of drug-likeness (QED) is 0.574. The minimum atomic E-state index is -0.809. The highest BCUT2D eigenvalue weighted by Gasteiger charge is 2.14. The monoisotopic (exact) mass is 285 g/mol. The molecule has 19 heavy (non-hydrogen) atoms. The van der Waals surface area contributed by atoms with E-state index >= 15 is 0 Å². The van der Waals surface area contributed by atoms with Gasteiger partial charge in [0.05, 0.1) is 17.9 Å². The van der Waals surface area contributed by atoms with Gasteiger partial charge in [-0.25, -0.2) is 9.78 Å². The van der Waals surface area contributed by atoms with Crippen molar-refractivity contribution < 1.29 is 13.7 Å². The van der Waals surface area contributed by atoms with Crippen molar-refractivity contribution in [1.82, 2.24) is 4.98 Å². The third kappa shape index (κ3) is 4.86. The number of nitrogens with one attached hydrogen (secondary N) is 1. The Balaban J connectivity index is 2.66. The Kier molecular flexibility index (Phi) is 6.27. The summed E-state index contributed by atoms with van der Waals surface area (Å²) in [6, 6.07) is 1.53. The Hall–Kier alpha value is -1.63. The Morgan fingerprint density at radius 1 is 1.58 bits per heavy atom. The summed E-state index contributed by atoms with van der Waals surface area (Å²) in [5, 5.41) is 3.03. The van der Waals surface area contributed by atoms with Gasteiger partial charge in [-0.15, -0.1) is 0 Å². The smallest absolute Gasteiger partial charge is 0.340 e. The number of pyridine rings is 1. The molecule has 0 aliphatic carbocycles. The molecule has 3 N–H and O–H groups in total. The second-order valence-corrected chi connectivity index (χ2v) is 5.45. The molecule has 0 radical (unpaired) electrons. The number of carbonyl (C=O) groups excluding carboxylic acids is 1. The lowest BCUT2D eigenvalue weighted by atomic mass is 10.2. The lowest BCUT2D eigenvalue weighted by Gasteiger charge is -2.10. The molecule has 0 amide bonds. The second-order valence-electron chi connectivity index (χ2n) is 3.90. The third-order valence-electron chi connectivity index (χ3n) is 2.39. The fourth-order valence-electron chi connectivity index (χ4n) is 1.48. The van der Waals surface area contributed by atoms with Gasteiger partial charge in [0.15, 0.2) is 0 Å². The topological polar surface area (TPSA) is 94.3 Å². The van der Waals surface area contributed by atoms with E-state index in [9.17, 15) is 9.00 Å². The van der Waals surface area contributed by atoms with Gasteiger partial charge in [-0.3, -0.25) is 4.21 Å². The summed E-state index contributed by atoms with van der Waals surface area (Å²) < 4.78 is 15.8. The number of hydrogen-bond acceptors (Lipinski definition) is 6. The Bertz CT molecular complexity index is 466. The van der Waals surface area contributed by atoms with E-state index < -0.39 is 16.8 Å². The van der Waals surface area contributed by atoms with Gasteiger partial charge >= 0.3 is 5.97 Å². The van der Waals surface area contributed by atoms with Crippen molar-refractivity contribution in [2.75, 3.05) is 36.2 Å². The average Bonchev–Trinajstić information content (AvgIpc) is 2.36. The van der Waals surface area contributed by atoms with Gasteiger partial charge < -0.3 is 15.8 Å². The predicted molar refractivity (Wildman–Crippen MR) is 76.6 cm³/mol. The van der Waals surface area contributed by atoms with Crippen molar-refractivity contribution in [3.63, 3.8) is 0 Å². The van der Waals surface area contributed by atoms with Gasteiger partial charge in [0.25, 0.3) is 0 Å². The summed E-state index contributed by atoms with van der Waals surface area (Å²) in [5.41, 5.74) is 6.45. The molecule has 0 aromatic carbocycles. The minimum Gasteiger partial charge on any atom is -0.462 e. The van der Waals surface area contributed by atoms with Crippen molar-refractivity contribution >= 4 is 28.3 Å². The van der Waals surface area contributed by atoms with E-state index in [-0.39, 0.29) is 5.69 Å². The summed E-state index contributed by atoms with van der Waals surface area (Å²) >= 11 is 0. The maximum Gasteiger partial charge on any atom is 0.340 e. The van der Waals surface area contributed by atoms with Crippen LogP contribution in [0.4, 0.5) is 11.5 Å². The molecule has 6 nitrogen and oxygen atoms in total. The minimum absolute atomic E-state index is 0.276. The molecule has 1 rings (SSSR count). The van der Waals surface area contributed by atoms with Crippen LogP contribution >= 0.6 is 0 Å². The number of anilines is 2. The van der Waals surface area contributed by atoms with E-state index in [0.717, 1.165) is 6.42 Å². The fourth-order valence-corrected chi connectivity index (χ4v) is 2.03. The van der Waals surface area contributed by atoms with Gasteiger partial charge in [-0.05, 0) is 19.4 Å². The van der Waals surface area contributed by atoms with Crippen molar-refractivity contribution in [2.24, 2.45) is 0 Å². The molecule has 1 aromatic rings. The predicted octanol–water partition coefficient (Wildman–Crippen LogP) is 1.02. The van der Waals surface area contributed by atoms with Crippen LogP contribution in [0.3, 0.4) is 0 Å². The zero-order valence-corrected chi connectivity index (χ0v) is 12.0. The molecule has 0 aliphatic heterocycles. The first-order valence-electron chi connectivity index (χ1n) is 6.01. The first-order valence-corrected chi connectivity index (χ1v) is 7.74. The van der Waals surface area contributed by atoms with E-state index in [1.54, 1.807) is 13.2 Å². The molecule has 7 heteroatoms. The molecule has 106 valence electrons. The van der Waals surface area contributed by atoms with Crippen LogP contribution in [0.5, 0.6) is 0 Å². The molecule has 0 spiro atoms. The number of carbonyl (C=O) groups is 1. The van der Waals surface area contributed by atoms with E-state index in [4.69, 9.17) is 10.5 Å². The average molecular weight is 285 g/mol. The zero-order chi connectivity index (χ0) is 14.3. The van der Waals surface area contributed by atoms with Crippen molar-refractivity contribution in [1.29, 1.82) is 0 Å². The molecular formula is C12H19N3O3S. The molecular weight excluding hydrogens is 266 g/mol. The third-order valence-corrected chi connectivity index (χ3v) is 3.25. The molecule has 0 saturated carbocycles. The van der Waals surface area contributed by atoms with Crippen LogP contribution in [-0.4, -0.2) is 40.3 Å². The lowest BCUT2D eigenvalue weighted by Crippen LogP contribution is -2.13. The van der Waals surface area contributed by atoms with Gasteiger partial charge in [0, 0.05) is 35.5 Å². The lowest BCUT2D eigenvalue weighted by molar-refractivity contribution is 0.0527. The van der Waals surface area contributed by atoms with Crippen LogP contribution in [0.15, 0.2) is 12.3 Å². The van der Waals surface area contributed by atoms with Crippen LogP contribution in [-0.2, 0) is 15.5 Å². The van der Waals surface area contributed by atoms with E-state index in [1.807, 2.05) is 0 Å². The van der Waals surface area contributed by atoms with Gasteiger partial charge in [0.2, 0.25) is 0 Å². The van der Waals surface area contributed by atoms with Crippen LogP contribution in [0.2, 0.25) is 0 Å². The number of aromatic nitrogens is 1. The largest absolute Gasteiger partial charge is 0.462 e. The Morgan fingerprint density at radius 2 is 2.32 bits per heavy atom. The SMILES string of the molecule is CCOC(=O)c1ccnc(NCCCS(C)=O)c1N. The maximum absolute atomic E-state index is 11.6. The van der Waals surface area contributed by atoms with Crippen LogP contribution in [0.25, 0.3) is 0 Å². The highest BCUT2D eigenvalue weighted by Crippen LogP contribution is 2.20. The maximum atomic E-state index is 11.6. The van der Waals surface area contributed by atoms with Crippen LogP contribution in [0.1, 0.15) is 23.7 Å². The van der Waals surface area contributed by atoms with Crippen LogP contribution < -0.4 is 11.1 Å². The summed E-state index contributed by atoms with van der Waals surface area (Å²) in [7, 11) is -0.809. The summed E-state index contributed by atoms with van der Waals surface area (Å²) in [5.74, 6) is 0.609. The van der Waals surface area contributed by atoms with Crippen molar-refractivity contribution in [3.8, 4) is 0 Å². The molecule has 1 heterocycles. The van der Waals surface area contributed by atoms with Gasteiger partial charge in [-0.2, -0.15) is 0 Å². The molecule has 0 fully saturated rings. The normalized spacial score (nSPS) is 11.9. The molecule has 0 aliphatic rings. The highest BCUT2D eigenvalue weighted by molar-refractivity contribution is 7.84. The molecule has 1 aromatic heterocycles. The number of esters is 1. The zero-order valence-electron chi connectivity index (χ0n) is 11.1. The Morgan fingerprint density at radius 3 is 2.95 bits per heavy atom. The molecule has 0 bridgehead atoms. The van der Waals surface area contributed by atoms with E-state index in [2.05, 4.69) is 10.3 Å². The van der Waals surface area contributed by atoms with E-state index in [1.165, 1.54) is 12.3 Å². The van der Waals surface area contributed by atoms with Crippen LogP contribution in [0, 0.1) is 0 Å². The number of ether oxygens (including phenoxy) is 1. The van der Waals surface area contributed by atoms with Gasteiger partial charge in [-0.1, -0.05) is 0 Å². The number of nitrogens with zero attached hydrogens (tertiary/aromatic N) is 1. The fraction of sp³-hybridized carbons (Fsp3) is 0.500. The summed E-state index contributed by atoms with van der Waals surface area (Å²) in [4.78, 5) is 15.7. The number of nitrogen functional groups attached to an aromatic ring is 1.